The predicted molar refractivity (Wildman–Crippen MR) is 130 cm³/mol. The van der Waals surface area contributed by atoms with Crippen molar-refractivity contribution in [2.75, 3.05) is 23.8 Å². The number of aliphatic hydroxyl groups excluding tert-OH is 8. The molecule has 2 aliphatic heterocycles. The van der Waals surface area contributed by atoms with E-state index in [1.165, 1.54) is 0 Å². The first kappa shape index (κ1) is 27.7. The molecule has 0 amide bonds. The highest BCUT2D eigenvalue weighted by molar-refractivity contribution is 5.48. The molecule has 2 saturated heterocycles. The Morgan fingerprint density at radius 2 is 0.865 bits per heavy atom. The molecule has 2 aliphatic rings. The summed E-state index contributed by atoms with van der Waals surface area (Å²) >= 11 is 0. The molecule has 2 heterocycles. The van der Waals surface area contributed by atoms with Gasteiger partial charge in [-0.15, -0.1) is 0 Å². The van der Waals surface area contributed by atoms with Crippen molar-refractivity contribution in [3.8, 4) is 0 Å². The van der Waals surface area contributed by atoms with Crippen LogP contribution in [0.15, 0.2) is 48.5 Å². The molecule has 2 aromatic rings. The lowest BCUT2D eigenvalue weighted by molar-refractivity contribution is -0.221. The van der Waals surface area contributed by atoms with E-state index in [0.717, 1.165) is 11.1 Å². The van der Waals surface area contributed by atoms with Gasteiger partial charge in [-0.25, -0.2) is 0 Å². The molecule has 0 saturated carbocycles. The fourth-order valence-electron chi connectivity index (χ4n) is 4.44. The molecule has 12 nitrogen and oxygen atoms in total. The van der Waals surface area contributed by atoms with E-state index in [1.807, 2.05) is 24.3 Å². The third-order valence-electron chi connectivity index (χ3n) is 6.72. The molecule has 2 unspecified atom stereocenters. The van der Waals surface area contributed by atoms with Crippen molar-refractivity contribution in [1.29, 1.82) is 0 Å². The third-order valence-corrected chi connectivity index (χ3v) is 6.72. The van der Waals surface area contributed by atoms with Crippen LogP contribution in [0.2, 0.25) is 0 Å². The van der Waals surface area contributed by atoms with Crippen LogP contribution in [0, 0.1) is 0 Å². The zero-order valence-electron chi connectivity index (χ0n) is 19.9. The van der Waals surface area contributed by atoms with Gasteiger partial charge < -0.3 is 61.0 Å². The minimum Gasteiger partial charge on any atom is -0.394 e. The third kappa shape index (κ3) is 6.21. The van der Waals surface area contributed by atoms with E-state index in [9.17, 15) is 40.9 Å². The Labute approximate surface area is 213 Å². The highest BCUT2D eigenvalue weighted by atomic mass is 16.6. The summed E-state index contributed by atoms with van der Waals surface area (Å²) in [5, 5.41) is 84.6. The lowest BCUT2D eigenvalue weighted by atomic mass is 9.98. The molecule has 0 bridgehead atoms. The SMILES string of the molecule is OC[C@H]1OC(Nc2ccc(Cc3ccc(NC4O[C@H](CO)[C@@H](O)[C@H](O)[C@H]4O)cc3)cc2)[C@H](O)[C@@H](O)[C@@H]1O. The number of anilines is 2. The maximum absolute atomic E-state index is 10.2. The molecular weight excluding hydrogens is 488 g/mol. The maximum atomic E-state index is 10.2. The number of hydrogen-bond acceptors (Lipinski definition) is 12. The van der Waals surface area contributed by atoms with E-state index in [0.29, 0.717) is 17.8 Å². The summed E-state index contributed by atoms with van der Waals surface area (Å²) in [5.74, 6) is 0. The van der Waals surface area contributed by atoms with Crippen LogP contribution in [0.3, 0.4) is 0 Å². The fourth-order valence-corrected chi connectivity index (χ4v) is 4.44. The lowest BCUT2D eigenvalue weighted by Gasteiger charge is -2.40. The Balaban J connectivity index is 1.33. The van der Waals surface area contributed by atoms with Gasteiger partial charge in [-0.3, -0.25) is 0 Å². The van der Waals surface area contributed by atoms with E-state index < -0.39 is 74.5 Å². The average molecular weight is 523 g/mol. The zero-order chi connectivity index (χ0) is 26.7. The van der Waals surface area contributed by atoms with Gasteiger partial charge in [0.1, 0.15) is 48.8 Å². The first-order chi connectivity index (χ1) is 17.7. The smallest absolute Gasteiger partial charge is 0.157 e. The van der Waals surface area contributed by atoms with Gasteiger partial charge in [-0.2, -0.15) is 0 Å². The van der Waals surface area contributed by atoms with Crippen molar-refractivity contribution in [3.05, 3.63) is 59.7 Å². The molecule has 2 fully saturated rings. The molecule has 12 heteroatoms. The Morgan fingerprint density at radius 3 is 1.19 bits per heavy atom. The summed E-state index contributed by atoms with van der Waals surface area (Å²) < 4.78 is 10.9. The molecular formula is C25H34N2O10. The minimum absolute atomic E-state index is 0.501. The number of hydrogen-bond donors (Lipinski definition) is 10. The predicted octanol–water partition coefficient (Wildman–Crippen LogP) is -2.30. The van der Waals surface area contributed by atoms with Crippen molar-refractivity contribution in [3.63, 3.8) is 0 Å². The molecule has 10 atom stereocenters. The molecule has 2 aromatic carbocycles. The van der Waals surface area contributed by atoms with Gasteiger partial charge in [-0.1, -0.05) is 24.3 Å². The Kier molecular flexibility index (Phi) is 8.98. The lowest BCUT2D eigenvalue weighted by Crippen LogP contribution is -2.60. The molecule has 0 radical (unpaired) electrons. The molecule has 0 aliphatic carbocycles. The monoisotopic (exact) mass is 522 g/mol. The highest BCUT2D eigenvalue weighted by Crippen LogP contribution is 2.25. The first-order valence-corrected chi connectivity index (χ1v) is 12.0. The summed E-state index contributed by atoms with van der Waals surface area (Å²) in [6.07, 6.45) is -11.9. The van der Waals surface area contributed by atoms with Crippen molar-refractivity contribution >= 4 is 11.4 Å². The second-order valence-corrected chi connectivity index (χ2v) is 9.36. The van der Waals surface area contributed by atoms with Crippen LogP contribution in [0.1, 0.15) is 11.1 Å². The second-order valence-electron chi connectivity index (χ2n) is 9.36. The van der Waals surface area contributed by atoms with E-state index in [-0.39, 0.29) is 0 Å². The minimum atomic E-state index is -1.46. The highest BCUT2D eigenvalue weighted by Gasteiger charge is 2.44. The summed E-state index contributed by atoms with van der Waals surface area (Å²) in [6.45, 7) is -1.00. The van der Waals surface area contributed by atoms with Crippen molar-refractivity contribution in [1.82, 2.24) is 0 Å². The normalized spacial score (nSPS) is 36.2. The van der Waals surface area contributed by atoms with Gasteiger partial charge in [0.2, 0.25) is 0 Å². The van der Waals surface area contributed by atoms with E-state index >= 15 is 0 Å². The molecule has 0 spiro atoms. The van der Waals surface area contributed by atoms with Crippen LogP contribution in [0.25, 0.3) is 0 Å². The number of ether oxygens (including phenoxy) is 2. The fraction of sp³-hybridized carbons (Fsp3) is 0.520. The van der Waals surface area contributed by atoms with Gasteiger partial charge in [0.25, 0.3) is 0 Å². The zero-order valence-corrected chi connectivity index (χ0v) is 19.9. The quantitative estimate of drug-likeness (QED) is 0.178. The second kappa shape index (κ2) is 12.0. The van der Waals surface area contributed by atoms with Crippen LogP contribution >= 0.6 is 0 Å². The molecule has 204 valence electrons. The number of benzene rings is 2. The number of rotatable bonds is 8. The molecule has 0 aromatic heterocycles. The average Bonchev–Trinajstić information content (AvgIpc) is 2.91. The molecule has 10 N–H and O–H groups in total. The maximum Gasteiger partial charge on any atom is 0.157 e. The summed E-state index contributed by atoms with van der Waals surface area (Å²) in [5.41, 5.74) is 3.22. The van der Waals surface area contributed by atoms with E-state index in [2.05, 4.69) is 10.6 Å². The van der Waals surface area contributed by atoms with E-state index in [4.69, 9.17) is 9.47 Å². The van der Waals surface area contributed by atoms with Crippen LogP contribution in [-0.4, -0.2) is 115 Å². The van der Waals surface area contributed by atoms with Gasteiger partial charge in [-0.05, 0) is 41.8 Å². The summed E-state index contributed by atoms with van der Waals surface area (Å²) in [7, 11) is 0. The largest absolute Gasteiger partial charge is 0.394 e. The Hall–Kier alpha value is -2.36. The van der Waals surface area contributed by atoms with Gasteiger partial charge in [0.15, 0.2) is 12.5 Å². The van der Waals surface area contributed by atoms with E-state index in [1.54, 1.807) is 24.3 Å². The van der Waals surface area contributed by atoms with Gasteiger partial charge >= 0.3 is 0 Å². The van der Waals surface area contributed by atoms with Crippen molar-refractivity contribution in [2.45, 2.75) is 67.7 Å². The van der Waals surface area contributed by atoms with Gasteiger partial charge in [0.05, 0.1) is 13.2 Å². The summed E-state index contributed by atoms with van der Waals surface area (Å²) in [6, 6.07) is 14.7. The van der Waals surface area contributed by atoms with Crippen LogP contribution < -0.4 is 10.6 Å². The number of nitrogens with one attached hydrogen (secondary N) is 2. The van der Waals surface area contributed by atoms with Gasteiger partial charge in [0, 0.05) is 11.4 Å². The van der Waals surface area contributed by atoms with Crippen LogP contribution in [-0.2, 0) is 15.9 Å². The Bertz CT molecular complexity index is 910. The Morgan fingerprint density at radius 1 is 0.514 bits per heavy atom. The number of aliphatic hydroxyl groups is 8. The standard InChI is InChI=1S/C25H34N2O10/c28-10-16-18(30)20(32)22(34)24(36-16)26-14-5-1-12(2-6-14)9-13-3-7-15(8-4-13)27-25-23(35)21(33)19(31)17(11-29)37-25/h1-8,16-35H,9-11H2/t16-,17-,18-,19-,20+,21+,22-,23-,24?,25?/m1/s1. The molecule has 37 heavy (non-hydrogen) atoms. The topological polar surface area (TPSA) is 204 Å². The summed E-state index contributed by atoms with van der Waals surface area (Å²) in [4.78, 5) is 0. The van der Waals surface area contributed by atoms with Crippen LogP contribution in [0.5, 0.6) is 0 Å². The molecule has 4 rings (SSSR count). The van der Waals surface area contributed by atoms with Crippen molar-refractivity contribution < 1.29 is 50.3 Å². The van der Waals surface area contributed by atoms with Crippen molar-refractivity contribution in [2.24, 2.45) is 0 Å². The first-order valence-electron chi connectivity index (χ1n) is 12.0. The van der Waals surface area contributed by atoms with Crippen LogP contribution in [0.4, 0.5) is 11.4 Å².